The van der Waals surface area contributed by atoms with E-state index in [0.29, 0.717) is 0 Å². The van der Waals surface area contributed by atoms with Gasteiger partial charge >= 0.3 is 17.8 Å². The number of hydrogen-bond donors (Lipinski definition) is 0. The maximum absolute atomic E-state index is 13.3. The molecule has 0 aromatic rings. The second kappa shape index (κ2) is 3.61. The topological polar surface area (TPSA) is 0 Å². The van der Waals surface area contributed by atoms with Crippen LogP contribution in [0.2, 0.25) is 0 Å². The summed E-state index contributed by atoms with van der Waals surface area (Å²) in [6, 6.07) is 0. The van der Waals surface area contributed by atoms with E-state index in [1.54, 1.807) is 0 Å². The normalized spacial score (nSPS) is 32.1. The molecule has 7 heteroatoms. The van der Waals surface area contributed by atoms with Crippen molar-refractivity contribution in [2.24, 2.45) is 5.92 Å². The third kappa shape index (κ3) is 1.39. The molecule has 0 radical (unpaired) electrons. The standard InChI is InChI=1S/C11H7F7/c12-8-7(6-4-2-1-3-5-6)9(13,14)11(17,18)10(8,15)16/h1-4,6H,5H2. The summed E-state index contributed by atoms with van der Waals surface area (Å²) in [5.41, 5.74) is -1.82. The van der Waals surface area contributed by atoms with Crippen LogP contribution in [-0.4, -0.2) is 17.8 Å². The molecule has 0 aromatic heterocycles. The molecule has 0 N–H and O–H groups in total. The highest BCUT2D eigenvalue weighted by Gasteiger charge is 2.81. The Hall–Kier alpha value is -1.27. The van der Waals surface area contributed by atoms with Crippen LogP contribution in [0.3, 0.4) is 0 Å². The Labute approximate surface area is 97.5 Å². The van der Waals surface area contributed by atoms with Crippen molar-refractivity contribution in [3.8, 4) is 0 Å². The van der Waals surface area contributed by atoms with Crippen LogP contribution < -0.4 is 0 Å². The maximum Gasteiger partial charge on any atom is 0.382 e. The largest absolute Gasteiger partial charge is 0.382 e. The van der Waals surface area contributed by atoms with E-state index in [0.717, 1.165) is 6.08 Å². The first-order chi connectivity index (χ1) is 8.14. The number of alkyl halides is 6. The van der Waals surface area contributed by atoms with Crippen LogP contribution >= 0.6 is 0 Å². The fourth-order valence-corrected chi connectivity index (χ4v) is 2.00. The van der Waals surface area contributed by atoms with Crippen LogP contribution in [0, 0.1) is 5.92 Å². The van der Waals surface area contributed by atoms with Gasteiger partial charge in [0.15, 0.2) is 5.83 Å². The predicted molar refractivity (Wildman–Crippen MR) is 49.4 cm³/mol. The molecule has 0 fully saturated rings. The molecule has 0 aromatic carbocycles. The molecule has 0 saturated heterocycles. The van der Waals surface area contributed by atoms with Crippen LogP contribution in [0.1, 0.15) is 6.42 Å². The number of hydrogen-bond acceptors (Lipinski definition) is 0. The molecule has 1 atom stereocenters. The molecule has 0 saturated carbocycles. The van der Waals surface area contributed by atoms with Gasteiger partial charge in [0.05, 0.1) is 5.57 Å². The van der Waals surface area contributed by atoms with E-state index in [1.165, 1.54) is 18.2 Å². The van der Waals surface area contributed by atoms with Gasteiger partial charge in [0.2, 0.25) is 0 Å². The van der Waals surface area contributed by atoms with E-state index >= 15 is 0 Å². The van der Waals surface area contributed by atoms with Gasteiger partial charge in [0, 0.05) is 5.92 Å². The van der Waals surface area contributed by atoms with Crippen molar-refractivity contribution in [1.29, 1.82) is 0 Å². The van der Waals surface area contributed by atoms with Crippen molar-refractivity contribution in [3.05, 3.63) is 35.7 Å². The second-order valence-electron chi connectivity index (χ2n) is 4.11. The van der Waals surface area contributed by atoms with Crippen molar-refractivity contribution in [2.45, 2.75) is 24.2 Å². The molecule has 0 bridgehead atoms. The lowest BCUT2D eigenvalue weighted by Gasteiger charge is -2.26. The Morgan fingerprint density at radius 2 is 1.56 bits per heavy atom. The molecule has 2 rings (SSSR count). The summed E-state index contributed by atoms with van der Waals surface area (Å²) < 4.78 is 91.6. The lowest BCUT2D eigenvalue weighted by Crippen LogP contribution is -2.49. The van der Waals surface area contributed by atoms with Gasteiger partial charge in [-0.25, -0.2) is 4.39 Å². The molecule has 0 heterocycles. The van der Waals surface area contributed by atoms with Crippen LogP contribution in [0.5, 0.6) is 0 Å². The first-order valence-electron chi connectivity index (χ1n) is 5.01. The summed E-state index contributed by atoms with van der Waals surface area (Å²) in [4.78, 5) is 0. The van der Waals surface area contributed by atoms with Gasteiger partial charge in [-0.15, -0.1) is 0 Å². The van der Waals surface area contributed by atoms with Gasteiger partial charge in [-0.2, -0.15) is 26.3 Å². The first-order valence-corrected chi connectivity index (χ1v) is 5.01. The zero-order valence-corrected chi connectivity index (χ0v) is 8.74. The molecule has 2 aliphatic carbocycles. The highest BCUT2D eigenvalue weighted by molar-refractivity contribution is 5.41. The molecular formula is C11H7F7. The van der Waals surface area contributed by atoms with Gasteiger partial charge in [0.1, 0.15) is 0 Å². The van der Waals surface area contributed by atoms with Gasteiger partial charge in [-0.05, 0) is 6.42 Å². The summed E-state index contributed by atoms with van der Waals surface area (Å²) in [6.07, 6.45) is 4.74. The monoisotopic (exact) mass is 272 g/mol. The summed E-state index contributed by atoms with van der Waals surface area (Å²) in [5, 5.41) is 0. The zero-order valence-electron chi connectivity index (χ0n) is 8.74. The maximum atomic E-state index is 13.3. The smallest absolute Gasteiger partial charge is 0.205 e. The average Bonchev–Trinajstić information content (AvgIpc) is 2.37. The molecule has 100 valence electrons. The van der Waals surface area contributed by atoms with E-state index in [1.807, 2.05) is 0 Å². The predicted octanol–water partition coefficient (Wildman–Crippen LogP) is 4.26. The highest BCUT2D eigenvalue weighted by Crippen LogP contribution is 2.61. The molecule has 0 amide bonds. The van der Waals surface area contributed by atoms with Crippen molar-refractivity contribution in [1.82, 2.24) is 0 Å². The van der Waals surface area contributed by atoms with Gasteiger partial charge in [-0.1, -0.05) is 24.3 Å². The van der Waals surface area contributed by atoms with Crippen molar-refractivity contribution in [3.63, 3.8) is 0 Å². The Balaban J connectivity index is 2.55. The number of allylic oxidation sites excluding steroid dienone is 6. The van der Waals surface area contributed by atoms with E-state index < -0.39 is 35.1 Å². The van der Waals surface area contributed by atoms with Gasteiger partial charge in [0.25, 0.3) is 0 Å². The molecule has 0 nitrogen and oxygen atoms in total. The summed E-state index contributed by atoms with van der Waals surface area (Å²) in [7, 11) is 0. The Morgan fingerprint density at radius 3 is 1.94 bits per heavy atom. The number of rotatable bonds is 1. The summed E-state index contributed by atoms with van der Waals surface area (Å²) in [6.45, 7) is 0. The average molecular weight is 272 g/mol. The minimum absolute atomic E-state index is 0.221. The molecule has 18 heavy (non-hydrogen) atoms. The fourth-order valence-electron chi connectivity index (χ4n) is 2.00. The molecule has 0 spiro atoms. The Morgan fingerprint density at radius 1 is 0.944 bits per heavy atom. The molecule has 1 unspecified atom stereocenters. The van der Waals surface area contributed by atoms with Crippen LogP contribution in [0.15, 0.2) is 35.7 Å². The van der Waals surface area contributed by atoms with Crippen molar-refractivity contribution in [2.75, 3.05) is 0 Å². The van der Waals surface area contributed by atoms with Crippen LogP contribution in [-0.2, 0) is 0 Å². The molecule has 0 aliphatic heterocycles. The lowest BCUT2D eigenvalue weighted by atomic mass is 9.89. The Kier molecular flexibility index (Phi) is 2.64. The summed E-state index contributed by atoms with van der Waals surface area (Å²) >= 11 is 0. The third-order valence-electron chi connectivity index (χ3n) is 2.99. The van der Waals surface area contributed by atoms with E-state index in [2.05, 4.69) is 0 Å². The fraction of sp³-hybridized carbons (Fsp3) is 0.455. The van der Waals surface area contributed by atoms with E-state index in [-0.39, 0.29) is 6.42 Å². The third-order valence-corrected chi connectivity index (χ3v) is 2.99. The molecular weight excluding hydrogens is 265 g/mol. The van der Waals surface area contributed by atoms with Crippen LogP contribution in [0.4, 0.5) is 30.7 Å². The van der Waals surface area contributed by atoms with Gasteiger partial charge in [-0.3, -0.25) is 0 Å². The number of halogens is 7. The highest BCUT2D eigenvalue weighted by atomic mass is 19.3. The minimum atomic E-state index is -5.74. The van der Waals surface area contributed by atoms with Crippen molar-refractivity contribution >= 4 is 0 Å². The first kappa shape index (κ1) is 13.2. The minimum Gasteiger partial charge on any atom is -0.205 e. The Bertz CT molecular complexity index is 456. The van der Waals surface area contributed by atoms with Crippen molar-refractivity contribution < 1.29 is 30.7 Å². The summed E-state index contributed by atoms with van der Waals surface area (Å²) in [5.74, 6) is -20.6. The SMILES string of the molecule is FC1=C(C2C=CC=CC2)C(F)(F)C(F)(F)C1(F)F. The van der Waals surface area contributed by atoms with Crippen LogP contribution in [0.25, 0.3) is 0 Å². The zero-order chi connectivity index (χ0) is 13.8. The quantitative estimate of drug-likeness (QED) is 0.625. The van der Waals surface area contributed by atoms with Gasteiger partial charge < -0.3 is 0 Å². The second-order valence-corrected chi connectivity index (χ2v) is 4.11. The molecule has 2 aliphatic rings. The lowest BCUT2D eigenvalue weighted by molar-refractivity contribution is -0.269. The van der Waals surface area contributed by atoms with E-state index in [4.69, 9.17) is 0 Å². The van der Waals surface area contributed by atoms with E-state index in [9.17, 15) is 30.7 Å².